The van der Waals surface area contributed by atoms with Crippen molar-refractivity contribution in [1.82, 2.24) is 0 Å². The molecular weight excluding hydrogens is 276 g/mol. The highest BCUT2D eigenvalue weighted by Crippen LogP contribution is 2.36. The maximum atomic E-state index is 11.3. The predicted molar refractivity (Wildman–Crippen MR) is 68.1 cm³/mol. The van der Waals surface area contributed by atoms with E-state index in [0.717, 1.165) is 0 Å². The van der Waals surface area contributed by atoms with Crippen LogP contribution in [0.2, 0.25) is 5.02 Å². The number of carboxylic acid groups (broad SMARTS) is 1. The Morgan fingerprint density at radius 1 is 1.42 bits per heavy atom. The molecule has 7 nitrogen and oxygen atoms in total. The van der Waals surface area contributed by atoms with E-state index in [4.69, 9.17) is 16.3 Å². The molecule has 0 radical (unpaired) electrons. The summed E-state index contributed by atoms with van der Waals surface area (Å²) in [6.45, 7) is 1.56. The van der Waals surface area contributed by atoms with Gasteiger partial charge in [-0.25, -0.2) is 4.79 Å². The van der Waals surface area contributed by atoms with Crippen molar-refractivity contribution in [3.8, 4) is 0 Å². The van der Waals surface area contributed by atoms with Crippen molar-refractivity contribution in [2.24, 2.45) is 0 Å². The monoisotopic (exact) mass is 286 g/mol. The summed E-state index contributed by atoms with van der Waals surface area (Å²) in [5.41, 5.74) is -0.449. The van der Waals surface area contributed by atoms with Crippen LogP contribution in [0.3, 0.4) is 0 Å². The number of hydrogen-bond donors (Lipinski definition) is 1. The fourth-order valence-corrected chi connectivity index (χ4v) is 2.25. The van der Waals surface area contributed by atoms with Gasteiger partial charge in [0.25, 0.3) is 5.69 Å². The highest BCUT2D eigenvalue weighted by atomic mass is 35.5. The summed E-state index contributed by atoms with van der Waals surface area (Å²) in [7, 11) is 0. The number of carbonyl (C=O) groups is 1. The van der Waals surface area contributed by atoms with E-state index in [2.05, 4.69) is 0 Å². The molecule has 2 rings (SSSR count). The molecule has 0 aromatic heterocycles. The van der Waals surface area contributed by atoms with Crippen molar-refractivity contribution < 1.29 is 19.6 Å². The zero-order valence-electron chi connectivity index (χ0n) is 9.84. The summed E-state index contributed by atoms with van der Waals surface area (Å²) in [5.74, 6) is -1.28. The first-order valence-corrected chi connectivity index (χ1v) is 5.93. The Balaban J connectivity index is 2.61. The third kappa shape index (κ3) is 2.61. The van der Waals surface area contributed by atoms with Gasteiger partial charge in [0.15, 0.2) is 0 Å². The Morgan fingerprint density at radius 3 is 2.58 bits per heavy atom. The Kier molecular flexibility index (Phi) is 3.87. The number of aromatic carboxylic acids is 1. The molecular formula is C11H11ClN2O5. The number of anilines is 1. The molecule has 0 amide bonds. The molecule has 0 saturated carbocycles. The first-order valence-electron chi connectivity index (χ1n) is 5.55. The van der Waals surface area contributed by atoms with Crippen molar-refractivity contribution in [2.75, 3.05) is 31.2 Å². The van der Waals surface area contributed by atoms with Gasteiger partial charge in [0.1, 0.15) is 11.3 Å². The number of nitro groups is 1. The fourth-order valence-electron chi connectivity index (χ4n) is 2.01. The second-order valence-electron chi connectivity index (χ2n) is 3.95. The second kappa shape index (κ2) is 5.41. The maximum Gasteiger partial charge on any atom is 0.339 e. The number of nitro benzene ring substituents is 1. The maximum absolute atomic E-state index is 11.3. The molecule has 1 aliphatic rings. The summed E-state index contributed by atoms with van der Waals surface area (Å²) in [6.07, 6.45) is 0. The van der Waals surface area contributed by atoms with Crippen LogP contribution in [-0.2, 0) is 4.74 Å². The van der Waals surface area contributed by atoms with Crippen LogP contribution in [0.1, 0.15) is 10.4 Å². The Bertz CT molecular complexity index is 528. The number of carboxylic acids is 1. The Hall–Kier alpha value is -1.86. The molecule has 102 valence electrons. The van der Waals surface area contributed by atoms with Gasteiger partial charge in [0.05, 0.1) is 23.2 Å². The lowest BCUT2D eigenvalue weighted by Gasteiger charge is -2.29. The third-order valence-electron chi connectivity index (χ3n) is 2.84. The van der Waals surface area contributed by atoms with Crippen LogP contribution in [0, 0.1) is 10.1 Å². The van der Waals surface area contributed by atoms with Gasteiger partial charge < -0.3 is 14.7 Å². The third-order valence-corrected chi connectivity index (χ3v) is 3.16. The average Bonchev–Trinajstić information content (AvgIpc) is 2.38. The molecule has 1 fully saturated rings. The van der Waals surface area contributed by atoms with Gasteiger partial charge >= 0.3 is 5.97 Å². The Morgan fingerprint density at radius 2 is 2.05 bits per heavy atom. The van der Waals surface area contributed by atoms with Gasteiger partial charge in [-0.15, -0.1) is 0 Å². The SMILES string of the molecule is O=C(O)c1c(Cl)ccc([N+](=O)[O-])c1N1CCOCC1. The highest BCUT2D eigenvalue weighted by Gasteiger charge is 2.29. The molecule has 0 bridgehead atoms. The fraction of sp³-hybridized carbons (Fsp3) is 0.364. The molecule has 1 N–H and O–H groups in total. The second-order valence-corrected chi connectivity index (χ2v) is 4.36. The van der Waals surface area contributed by atoms with Gasteiger partial charge in [0.2, 0.25) is 0 Å². The summed E-state index contributed by atoms with van der Waals surface area (Å²) < 4.78 is 5.16. The summed E-state index contributed by atoms with van der Waals surface area (Å²) in [6, 6.07) is 2.45. The van der Waals surface area contributed by atoms with Crippen LogP contribution in [0.5, 0.6) is 0 Å². The quantitative estimate of drug-likeness (QED) is 0.672. The minimum Gasteiger partial charge on any atom is -0.478 e. The molecule has 0 aliphatic carbocycles. The number of halogens is 1. The molecule has 0 atom stereocenters. The zero-order chi connectivity index (χ0) is 14.0. The molecule has 1 saturated heterocycles. The van der Waals surface area contributed by atoms with E-state index in [1.165, 1.54) is 12.1 Å². The largest absolute Gasteiger partial charge is 0.478 e. The number of hydrogen-bond acceptors (Lipinski definition) is 5. The average molecular weight is 287 g/mol. The highest BCUT2D eigenvalue weighted by molar-refractivity contribution is 6.34. The predicted octanol–water partition coefficient (Wildman–Crippen LogP) is 1.78. The molecule has 1 aliphatic heterocycles. The van der Waals surface area contributed by atoms with Crippen molar-refractivity contribution in [2.45, 2.75) is 0 Å². The van der Waals surface area contributed by atoms with Gasteiger partial charge in [-0.05, 0) is 6.07 Å². The van der Waals surface area contributed by atoms with Gasteiger partial charge in [-0.2, -0.15) is 0 Å². The summed E-state index contributed by atoms with van der Waals surface area (Å²) in [4.78, 5) is 23.4. The normalized spacial score (nSPS) is 15.3. The van der Waals surface area contributed by atoms with Crippen LogP contribution in [-0.4, -0.2) is 42.3 Å². The number of ether oxygens (including phenoxy) is 1. The number of morpholine rings is 1. The summed E-state index contributed by atoms with van der Waals surface area (Å²) >= 11 is 5.86. The lowest BCUT2D eigenvalue weighted by atomic mass is 10.1. The lowest BCUT2D eigenvalue weighted by Crippen LogP contribution is -2.37. The Labute approximate surface area is 113 Å². The molecule has 0 spiro atoms. The molecule has 0 unspecified atom stereocenters. The van der Waals surface area contributed by atoms with Crippen molar-refractivity contribution in [3.63, 3.8) is 0 Å². The number of rotatable bonds is 3. The minimum atomic E-state index is -1.28. The first-order chi connectivity index (χ1) is 9.02. The van der Waals surface area contributed by atoms with E-state index in [1.807, 2.05) is 0 Å². The van der Waals surface area contributed by atoms with Crippen molar-refractivity contribution in [1.29, 1.82) is 0 Å². The summed E-state index contributed by atoms with van der Waals surface area (Å²) in [5, 5.41) is 20.3. The van der Waals surface area contributed by atoms with Crippen LogP contribution < -0.4 is 4.90 Å². The molecule has 1 heterocycles. The topological polar surface area (TPSA) is 92.9 Å². The number of nitrogens with zero attached hydrogens (tertiary/aromatic N) is 2. The van der Waals surface area contributed by atoms with Crippen LogP contribution in [0.4, 0.5) is 11.4 Å². The minimum absolute atomic E-state index is 0.0143. The van der Waals surface area contributed by atoms with Gasteiger partial charge in [-0.1, -0.05) is 11.6 Å². The molecule has 1 aromatic carbocycles. The standard InChI is InChI=1S/C11H11ClN2O5/c12-7-1-2-8(14(17)18)10(9(7)11(15)16)13-3-5-19-6-4-13/h1-2H,3-6H2,(H,15,16). The van der Waals surface area contributed by atoms with E-state index in [1.54, 1.807) is 4.90 Å². The molecule has 19 heavy (non-hydrogen) atoms. The zero-order valence-corrected chi connectivity index (χ0v) is 10.6. The van der Waals surface area contributed by atoms with E-state index in [9.17, 15) is 20.0 Å². The number of benzene rings is 1. The van der Waals surface area contributed by atoms with Crippen LogP contribution in [0.15, 0.2) is 12.1 Å². The van der Waals surface area contributed by atoms with E-state index >= 15 is 0 Å². The van der Waals surface area contributed by atoms with Crippen LogP contribution in [0.25, 0.3) is 0 Å². The molecule has 8 heteroatoms. The van der Waals surface area contributed by atoms with Crippen LogP contribution >= 0.6 is 11.6 Å². The molecule has 1 aromatic rings. The van der Waals surface area contributed by atoms with Crippen molar-refractivity contribution >= 4 is 28.9 Å². The first kappa shape index (κ1) is 13.6. The van der Waals surface area contributed by atoms with E-state index in [-0.39, 0.29) is 22.0 Å². The smallest absolute Gasteiger partial charge is 0.339 e. The van der Waals surface area contributed by atoms with Gasteiger partial charge in [-0.3, -0.25) is 10.1 Å². The van der Waals surface area contributed by atoms with E-state index < -0.39 is 10.9 Å². The van der Waals surface area contributed by atoms with Crippen molar-refractivity contribution in [3.05, 3.63) is 32.8 Å². The lowest BCUT2D eigenvalue weighted by molar-refractivity contribution is -0.384. The van der Waals surface area contributed by atoms with Gasteiger partial charge in [0, 0.05) is 19.2 Å². The van der Waals surface area contributed by atoms with E-state index in [0.29, 0.717) is 26.3 Å².